The van der Waals surface area contributed by atoms with Gasteiger partial charge in [0, 0.05) is 16.7 Å². The van der Waals surface area contributed by atoms with E-state index in [2.05, 4.69) is 4.98 Å². The molecule has 88 valence electrons. The molecule has 0 radical (unpaired) electrons. The summed E-state index contributed by atoms with van der Waals surface area (Å²) in [5.41, 5.74) is 7.15. The standard InChI is InChI=1S/C11H10ClN3S2/c12-9-4-2-1-3-8(9)10-15-7(5-16-10)6-17-11(13)14/h1-5H,6H2,(H3,13,14). The van der Waals surface area contributed by atoms with E-state index in [0.29, 0.717) is 10.8 Å². The van der Waals surface area contributed by atoms with E-state index in [0.717, 1.165) is 16.3 Å². The van der Waals surface area contributed by atoms with E-state index < -0.39 is 0 Å². The molecule has 0 aliphatic rings. The molecule has 0 saturated carbocycles. The summed E-state index contributed by atoms with van der Waals surface area (Å²) in [6.07, 6.45) is 0. The summed E-state index contributed by atoms with van der Waals surface area (Å²) in [7, 11) is 0. The lowest BCUT2D eigenvalue weighted by Crippen LogP contribution is -2.03. The molecular formula is C11H10ClN3S2. The fourth-order valence-corrected chi connectivity index (χ4v) is 2.98. The molecule has 0 spiro atoms. The molecule has 3 nitrogen and oxygen atoms in total. The van der Waals surface area contributed by atoms with Crippen LogP contribution in [-0.4, -0.2) is 10.2 Å². The van der Waals surface area contributed by atoms with Crippen LogP contribution >= 0.6 is 34.7 Å². The third-order valence-electron chi connectivity index (χ3n) is 2.03. The van der Waals surface area contributed by atoms with Crippen molar-refractivity contribution in [3.8, 4) is 10.6 Å². The number of halogens is 1. The number of benzene rings is 1. The van der Waals surface area contributed by atoms with Gasteiger partial charge in [0.15, 0.2) is 5.17 Å². The van der Waals surface area contributed by atoms with Crippen molar-refractivity contribution in [1.82, 2.24) is 4.98 Å². The van der Waals surface area contributed by atoms with Crippen LogP contribution in [-0.2, 0) is 5.75 Å². The van der Waals surface area contributed by atoms with E-state index in [9.17, 15) is 0 Å². The van der Waals surface area contributed by atoms with Gasteiger partial charge in [-0.2, -0.15) is 0 Å². The first-order chi connectivity index (χ1) is 8.16. The average molecular weight is 284 g/mol. The van der Waals surface area contributed by atoms with Crippen LogP contribution in [0.15, 0.2) is 29.6 Å². The first-order valence-electron chi connectivity index (χ1n) is 4.83. The molecule has 2 aromatic rings. The van der Waals surface area contributed by atoms with Crippen molar-refractivity contribution in [1.29, 1.82) is 5.41 Å². The number of aromatic nitrogens is 1. The summed E-state index contributed by atoms with van der Waals surface area (Å²) in [6, 6.07) is 7.63. The van der Waals surface area contributed by atoms with Gasteiger partial charge in [0.2, 0.25) is 0 Å². The summed E-state index contributed by atoms with van der Waals surface area (Å²) in [5, 5.41) is 10.8. The topological polar surface area (TPSA) is 62.8 Å². The Balaban J connectivity index is 2.18. The van der Waals surface area contributed by atoms with Crippen molar-refractivity contribution in [3.05, 3.63) is 40.4 Å². The van der Waals surface area contributed by atoms with E-state index in [4.69, 9.17) is 22.7 Å². The van der Waals surface area contributed by atoms with Gasteiger partial charge < -0.3 is 5.73 Å². The Morgan fingerprint density at radius 1 is 1.47 bits per heavy atom. The zero-order valence-corrected chi connectivity index (χ0v) is 11.2. The molecule has 0 aliphatic heterocycles. The van der Waals surface area contributed by atoms with Crippen LogP contribution in [0.3, 0.4) is 0 Å². The fraction of sp³-hybridized carbons (Fsp3) is 0.0909. The highest BCUT2D eigenvalue weighted by Crippen LogP contribution is 2.30. The van der Waals surface area contributed by atoms with E-state index in [1.54, 1.807) is 11.3 Å². The number of rotatable bonds is 3. The second kappa shape index (κ2) is 5.53. The third kappa shape index (κ3) is 3.21. The van der Waals surface area contributed by atoms with Crippen LogP contribution in [0.1, 0.15) is 5.69 Å². The van der Waals surface area contributed by atoms with Gasteiger partial charge in [0.1, 0.15) is 5.01 Å². The molecule has 3 N–H and O–H groups in total. The highest BCUT2D eigenvalue weighted by molar-refractivity contribution is 8.13. The second-order valence-corrected chi connectivity index (χ2v) is 5.56. The lowest BCUT2D eigenvalue weighted by molar-refractivity contribution is 1.24. The lowest BCUT2D eigenvalue weighted by Gasteiger charge is -1.98. The average Bonchev–Trinajstić information content (AvgIpc) is 2.75. The maximum atomic E-state index is 7.14. The van der Waals surface area contributed by atoms with E-state index >= 15 is 0 Å². The summed E-state index contributed by atoms with van der Waals surface area (Å²) in [6.45, 7) is 0. The highest BCUT2D eigenvalue weighted by atomic mass is 35.5. The minimum absolute atomic E-state index is 0.109. The Bertz CT molecular complexity index is 539. The number of thiazole rings is 1. The molecular weight excluding hydrogens is 274 g/mol. The normalized spacial score (nSPS) is 10.4. The van der Waals surface area contributed by atoms with Crippen molar-refractivity contribution >= 4 is 39.9 Å². The van der Waals surface area contributed by atoms with Gasteiger partial charge in [0.05, 0.1) is 10.7 Å². The molecule has 0 unspecified atom stereocenters. The Kier molecular flexibility index (Phi) is 4.04. The molecule has 0 bridgehead atoms. The molecule has 0 atom stereocenters. The highest BCUT2D eigenvalue weighted by Gasteiger charge is 2.08. The minimum Gasteiger partial charge on any atom is -0.379 e. The number of hydrogen-bond donors (Lipinski definition) is 2. The first-order valence-corrected chi connectivity index (χ1v) is 7.07. The van der Waals surface area contributed by atoms with Crippen molar-refractivity contribution in [3.63, 3.8) is 0 Å². The predicted molar refractivity (Wildman–Crippen MR) is 75.8 cm³/mol. The summed E-state index contributed by atoms with van der Waals surface area (Å²) >= 11 is 8.92. The van der Waals surface area contributed by atoms with Crippen molar-refractivity contribution in [2.75, 3.05) is 0 Å². The van der Waals surface area contributed by atoms with Crippen molar-refractivity contribution in [2.24, 2.45) is 5.73 Å². The van der Waals surface area contributed by atoms with Gasteiger partial charge >= 0.3 is 0 Å². The summed E-state index contributed by atoms with van der Waals surface area (Å²) < 4.78 is 0. The van der Waals surface area contributed by atoms with Crippen molar-refractivity contribution in [2.45, 2.75) is 5.75 Å². The van der Waals surface area contributed by atoms with Crippen LogP contribution in [0.5, 0.6) is 0 Å². The molecule has 17 heavy (non-hydrogen) atoms. The number of hydrogen-bond acceptors (Lipinski definition) is 4. The fourth-order valence-electron chi connectivity index (χ4n) is 1.28. The largest absolute Gasteiger partial charge is 0.379 e. The zero-order valence-electron chi connectivity index (χ0n) is 8.81. The molecule has 0 saturated heterocycles. The Labute approximate surface area is 113 Å². The third-order valence-corrected chi connectivity index (χ3v) is 4.04. The maximum absolute atomic E-state index is 7.14. The monoisotopic (exact) mass is 283 g/mol. The molecule has 1 aromatic carbocycles. The molecule has 0 aliphatic carbocycles. The van der Waals surface area contributed by atoms with Crippen LogP contribution in [0.2, 0.25) is 5.02 Å². The van der Waals surface area contributed by atoms with Crippen LogP contribution < -0.4 is 5.73 Å². The predicted octanol–water partition coefficient (Wildman–Crippen LogP) is 3.59. The van der Waals surface area contributed by atoms with Gasteiger partial charge in [-0.3, -0.25) is 5.41 Å². The number of nitrogens with zero attached hydrogens (tertiary/aromatic N) is 1. The molecule has 0 fully saturated rings. The lowest BCUT2D eigenvalue weighted by atomic mass is 10.2. The molecule has 1 heterocycles. The minimum atomic E-state index is 0.109. The van der Waals surface area contributed by atoms with Gasteiger partial charge in [-0.15, -0.1) is 11.3 Å². The quantitative estimate of drug-likeness (QED) is 0.668. The summed E-state index contributed by atoms with van der Waals surface area (Å²) in [5.74, 6) is 0.621. The second-order valence-electron chi connectivity index (χ2n) is 3.28. The molecule has 0 amide bonds. The number of nitrogens with two attached hydrogens (primary N) is 1. The van der Waals surface area contributed by atoms with E-state index in [-0.39, 0.29) is 5.17 Å². The van der Waals surface area contributed by atoms with Gasteiger partial charge in [-0.25, -0.2) is 4.98 Å². The van der Waals surface area contributed by atoms with E-state index in [1.807, 2.05) is 29.6 Å². The van der Waals surface area contributed by atoms with E-state index in [1.165, 1.54) is 11.8 Å². The van der Waals surface area contributed by atoms with Crippen LogP contribution in [0.4, 0.5) is 0 Å². The smallest absolute Gasteiger partial charge is 0.151 e. The van der Waals surface area contributed by atoms with Gasteiger partial charge in [0.25, 0.3) is 0 Å². The SMILES string of the molecule is N=C(N)SCc1csc(-c2ccccc2Cl)n1. The van der Waals surface area contributed by atoms with Crippen LogP contribution in [0, 0.1) is 5.41 Å². The number of thioether (sulfide) groups is 1. The Morgan fingerprint density at radius 2 is 2.24 bits per heavy atom. The maximum Gasteiger partial charge on any atom is 0.151 e. The van der Waals surface area contributed by atoms with Crippen LogP contribution in [0.25, 0.3) is 10.6 Å². The summed E-state index contributed by atoms with van der Waals surface area (Å²) in [4.78, 5) is 4.47. The molecule has 6 heteroatoms. The zero-order chi connectivity index (χ0) is 12.3. The Hall–Kier alpha value is -1.04. The van der Waals surface area contributed by atoms with Gasteiger partial charge in [-0.1, -0.05) is 41.6 Å². The molecule has 1 aromatic heterocycles. The molecule has 2 rings (SSSR count). The number of amidine groups is 1. The first kappa shape index (κ1) is 12.4. The Morgan fingerprint density at radius 3 is 2.94 bits per heavy atom. The van der Waals surface area contributed by atoms with Gasteiger partial charge in [-0.05, 0) is 6.07 Å². The van der Waals surface area contributed by atoms with Crippen molar-refractivity contribution < 1.29 is 0 Å². The number of nitrogens with one attached hydrogen (secondary N) is 1.